The van der Waals surface area contributed by atoms with E-state index in [4.69, 9.17) is 16.0 Å². The normalized spacial score (nSPS) is 11.6. The van der Waals surface area contributed by atoms with E-state index in [1.165, 1.54) is 13.1 Å². The number of rotatable bonds is 5. The number of hydrogen-bond donors (Lipinski definition) is 2. The summed E-state index contributed by atoms with van der Waals surface area (Å²) < 4.78 is 31.5. The van der Waals surface area contributed by atoms with Gasteiger partial charge in [-0.05, 0) is 59.7 Å². The van der Waals surface area contributed by atoms with Crippen molar-refractivity contribution in [3.8, 4) is 0 Å². The summed E-state index contributed by atoms with van der Waals surface area (Å²) in [7, 11) is -2.22. The minimum Gasteiger partial charge on any atom is -0.446 e. The molecule has 0 aliphatic rings. The maximum atomic E-state index is 11.6. The Kier molecular flexibility index (Phi) is 4.98. The van der Waals surface area contributed by atoms with Gasteiger partial charge in [-0.3, -0.25) is 0 Å². The smallest absolute Gasteiger partial charge is 0.273 e. The van der Waals surface area contributed by atoms with Crippen LogP contribution in [0.5, 0.6) is 0 Å². The molecule has 0 aliphatic heterocycles. The lowest BCUT2D eigenvalue weighted by Gasteiger charge is -2.09. The Morgan fingerprint density at radius 3 is 2.71 bits per heavy atom. The zero-order valence-electron chi connectivity index (χ0n) is 11.4. The van der Waals surface area contributed by atoms with Crippen LogP contribution in [0.3, 0.4) is 0 Å². The van der Waals surface area contributed by atoms with E-state index in [2.05, 4.69) is 26.0 Å². The Morgan fingerprint density at radius 1 is 1.33 bits per heavy atom. The number of sulfonamides is 1. The minimum atomic E-state index is -3.56. The van der Waals surface area contributed by atoms with Crippen LogP contribution in [-0.2, 0) is 16.6 Å². The molecule has 21 heavy (non-hydrogen) atoms. The first-order valence-corrected chi connectivity index (χ1v) is 8.70. The Labute approximate surface area is 136 Å². The summed E-state index contributed by atoms with van der Waals surface area (Å²) in [4.78, 5) is 0. The monoisotopic (exact) mass is 392 g/mol. The summed E-state index contributed by atoms with van der Waals surface area (Å²) in [6.07, 6.45) is 0. The van der Waals surface area contributed by atoms with Crippen LogP contribution in [0.4, 0.5) is 5.69 Å². The van der Waals surface area contributed by atoms with Gasteiger partial charge in [-0.25, -0.2) is 13.1 Å². The predicted octanol–water partition coefficient (Wildman–Crippen LogP) is 3.52. The van der Waals surface area contributed by atoms with E-state index in [0.29, 0.717) is 17.3 Å². The summed E-state index contributed by atoms with van der Waals surface area (Å²) in [5.41, 5.74) is 1.77. The highest BCUT2D eigenvalue weighted by atomic mass is 79.9. The standard InChI is InChI=1S/C13H14BrClN2O3S/c1-8-5-10(14)12(6-11(8)15)17-7-9-3-4-13(20-9)21(18,19)16-2/h3-6,16-17H,7H2,1-2H3. The van der Waals surface area contributed by atoms with E-state index in [-0.39, 0.29) is 5.09 Å². The molecule has 0 spiro atoms. The Hall–Kier alpha value is -1.02. The van der Waals surface area contributed by atoms with E-state index in [9.17, 15) is 8.42 Å². The molecule has 2 N–H and O–H groups in total. The molecule has 1 aromatic carbocycles. The molecule has 5 nitrogen and oxygen atoms in total. The van der Waals surface area contributed by atoms with Crippen LogP contribution in [0.25, 0.3) is 0 Å². The number of anilines is 1. The third kappa shape index (κ3) is 3.79. The van der Waals surface area contributed by atoms with Crippen molar-refractivity contribution in [3.63, 3.8) is 0 Å². The topological polar surface area (TPSA) is 71.3 Å². The first-order chi connectivity index (χ1) is 9.83. The van der Waals surface area contributed by atoms with Gasteiger partial charge >= 0.3 is 0 Å². The highest BCUT2D eigenvalue weighted by Gasteiger charge is 2.16. The molecule has 0 amide bonds. The summed E-state index contributed by atoms with van der Waals surface area (Å²) >= 11 is 9.52. The van der Waals surface area contributed by atoms with E-state index < -0.39 is 10.0 Å². The van der Waals surface area contributed by atoms with E-state index in [1.807, 2.05) is 13.0 Å². The molecule has 0 saturated heterocycles. The van der Waals surface area contributed by atoms with Gasteiger partial charge in [0.05, 0.1) is 12.2 Å². The summed E-state index contributed by atoms with van der Waals surface area (Å²) in [5, 5.41) is 3.68. The second kappa shape index (κ2) is 6.39. The number of nitrogens with one attached hydrogen (secondary N) is 2. The average molecular weight is 394 g/mol. The maximum absolute atomic E-state index is 11.6. The van der Waals surface area contributed by atoms with Crippen LogP contribution in [-0.4, -0.2) is 15.5 Å². The fourth-order valence-corrected chi connectivity index (χ4v) is 3.09. The van der Waals surface area contributed by atoms with Crippen molar-refractivity contribution in [3.05, 3.63) is 45.1 Å². The lowest BCUT2D eigenvalue weighted by molar-refractivity contribution is 0.417. The van der Waals surface area contributed by atoms with Gasteiger partial charge in [-0.1, -0.05) is 11.6 Å². The van der Waals surface area contributed by atoms with Crippen LogP contribution in [0.1, 0.15) is 11.3 Å². The van der Waals surface area contributed by atoms with Gasteiger partial charge in [0.15, 0.2) is 0 Å². The largest absolute Gasteiger partial charge is 0.446 e. The Balaban J connectivity index is 2.13. The van der Waals surface area contributed by atoms with Crippen molar-refractivity contribution >= 4 is 43.2 Å². The second-order valence-corrected chi connectivity index (χ2v) is 7.44. The number of benzene rings is 1. The van der Waals surface area contributed by atoms with Crippen molar-refractivity contribution in [2.45, 2.75) is 18.6 Å². The summed E-state index contributed by atoms with van der Waals surface area (Å²) in [6.45, 7) is 2.26. The van der Waals surface area contributed by atoms with Gasteiger partial charge in [0.2, 0.25) is 5.09 Å². The summed E-state index contributed by atoms with van der Waals surface area (Å²) in [6, 6.07) is 6.74. The summed E-state index contributed by atoms with van der Waals surface area (Å²) in [5.74, 6) is 0.507. The number of aryl methyl sites for hydroxylation is 1. The third-order valence-electron chi connectivity index (χ3n) is 2.87. The highest BCUT2D eigenvalue weighted by molar-refractivity contribution is 9.10. The molecule has 0 aliphatic carbocycles. The number of furan rings is 1. The van der Waals surface area contributed by atoms with Crippen LogP contribution in [0.15, 0.2) is 38.2 Å². The molecule has 114 valence electrons. The lowest BCUT2D eigenvalue weighted by atomic mass is 10.2. The molecule has 1 aromatic heterocycles. The minimum absolute atomic E-state index is 0.109. The van der Waals surface area contributed by atoms with Crippen molar-refractivity contribution in [2.75, 3.05) is 12.4 Å². The van der Waals surface area contributed by atoms with Gasteiger partial charge < -0.3 is 9.73 Å². The maximum Gasteiger partial charge on any atom is 0.273 e. The SMILES string of the molecule is CNS(=O)(=O)c1ccc(CNc2cc(Cl)c(C)cc2Br)o1. The van der Waals surface area contributed by atoms with E-state index >= 15 is 0 Å². The predicted molar refractivity (Wildman–Crippen MR) is 86.2 cm³/mol. The molecule has 0 radical (unpaired) electrons. The van der Waals surface area contributed by atoms with Crippen LogP contribution in [0, 0.1) is 6.92 Å². The second-order valence-electron chi connectivity index (χ2n) is 4.36. The molecule has 0 bridgehead atoms. The van der Waals surface area contributed by atoms with E-state index in [1.54, 1.807) is 12.1 Å². The first-order valence-electron chi connectivity index (χ1n) is 6.05. The van der Waals surface area contributed by atoms with Gasteiger partial charge in [-0.15, -0.1) is 0 Å². The van der Waals surface area contributed by atoms with E-state index in [0.717, 1.165) is 15.7 Å². The van der Waals surface area contributed by atoms with Crippen molar-refractivity contribution in [1.29, 1.82) is 0 Å². The fourth-order valence-electron chi connectivity index (χ4n) is 1.66. The molecular formula is C13H14BrClN2O3S. The number of halogens is 2. The van der Waals surface area contributed by atoms with Crippen LogP contribution >= 0.6 is 27.5 Å². The number of hydrogen-bond acceptors (Lipinski definition) is 4. The molecule has 0 saturated carbocycles. The van der Waals surface area contributed by atoms with Crippen molar-refractivity contribution < 1.29 is 12.8 Å². The molecule has 0 atom stereocenters. The van der Waals surface area contributed by atoms with Crippen molar-refractivity contribution in [1.82, 2.24) is 4.72 Å². The quantitative estimate of drug-likeness (QED) is 0.815. The highest BCUT2D eigenvalue weighted by Crippen LogP contribution is 2.29. The molecule has 2 aromatic rings. The van der Waals surface area contributed by atoms with Gasteiger partial charge in [-0.2, -0.15) is 0 Å². The first kappa shape index (κ1) is 16.4. The zero-order chi connectivity index (χ0) is 15.6. The molecule has 0 unspecified atom stereocenters. The zero-order valence-corrected chi connectivity index (χ0v) is 14.6. The van der Waals surface area contributed by atoms with Crippen LogP contribution in [0.2, 0.25) is 5.02 Å². The van der Waals surface area contributed by atoms with Crippen molar-refractivity contribution in [2.24, 2.45) is 0 Å². The van der Waals surface area contributed by atoms with Gasteiger partial charge in [0.25, 0.3) is 10.0 Å². The average Bonchev–Trinajstić information content (AvgIpc) is 2.91. The van der Waals surface area contributed by atoms with Gasteiger partial charge in [0, 0.05) is 9.50 Å². The molecule has 1 heterocycles. The molecule has 2 rings (SSSR count). The lowest BCUT2D eigenvalue weighted by Crippen LogP contribution is -2.17. The van der Waals surface area contributed by atoms with Gasteiger partial charge in [0.1, 0.15) is 5.76 Å². The molecule has 0 fully saturated rings. The Bertz CT molecular complexity index is 759. The van der Waals surface area contributed by atoms with Crippen LogP contribution < -0.4 is 10.0 Å². The fraction of sp³-hybridized carbons (Fsp3) is 0.231. The third-order valence-corrected chi connectivity index (χ3v) is 5.22. The molecular weight excluding hydrogens is 380 g/mol. The Morgan fingerprint density at radius 2 is 2.05 bits per heavy atom. The molecule has 8 heteroatoms.